The van der Waals surface area contributed by atoms with Gasteiger partial charge in [-0.3, -0.25) is 0 Å². The van der Waals surface area contributed by atoms with Crippen LogP contribution < -0.4 is 9.47 Å². The first kappa shape index (κ1) is 15.1. The van der Waals surface area contributed by atoms with Gasteiger partial charge in [-0.2, -0.15) is 0 Å². The van der Waals surface area contributed by atoms with Crippen molar-refractivity contribution in [2.24, 2.45) is 0 Å². The van der Waals surface area contributed by atoms with Gasteiger partial charge in [0.1, 0.15) is 11.5 Å². The first-order valence-electron chi connectivity index (χ1n) is 6.36. The highest BCUT2D eigenvalue weighted by atomic mass is 35.5. The van der Waals surface area contributed by atoms with Gasteiger partial charge in [0.25, 0.3) is 0 Å². The van der Waals surface area contributed by atoms with Crippen molar-refractivity contribution in [3.05, 3.63) is 54.1 Å². The Hall–Kier alpha value is -1.32. The molecule has 0 aliphatic rings. The molecule has 0 aromatic heterocycles. The molecule has 0 N–H and O–H groups in total. The van der Waals surface area contributed by atoms with Crippen LogP contribution in [0.1, 0.15) is 5.56 Å². The number of thioether (sulfide) groups is 1. The topological polar surface area (TPSA) is 18.5 Å². The highest BCUT2D eigenvalue weighted by Crippen LogP contribution is 2.20. The average Bonchev–Trinajstić information content (AvgIpc) is 2.53. The normalized spacial score (nSPS) is 10.3. The lowest BCUT2D eigenvalue weighted by atomic mass is 10.2. The minimum absolute atomic E-state index is 0.561. The van der Waals surface area contributed by atoms with E-state index in [9.17, 15) is 0 Å². The summed E-state index contributed by atoms with van der Waals surface area (Å²) in [6, 6.07) is 15.9. The van der Waals surface area contributed by atoms with E-state index in [-0.39, 0.29) is 0 Å². The summed E-state index contributed by atoms with van der Waals surface area (Å²) >= 11 is 7.53. The largest absolute Gasteiger partial charge is 0.497 e. The monoisotopic (exact) mass is 308 g/mol. The lowest BCUT2D eigenvalue weighted by Crippen LogP contribution is -1.99. The van der Waals surface area contributed by atoms with Crippen molar-refractivity contribution in [1.82, 2.24) is 0 Å². The van der Waals surface area contributed by atoms with Crippen LogP contribution in [-0.4, -0.2) is 19.5 Å². The van der Waals surface area contributed by atoms with E-state index in [4.69, 9.17) is 21.1 Å². The summed E-state index contributed by atoms with van der Waals surface area (Å²) in [7, 11) is 1.65. The molecule has 0 aliphatic heterocycles. The second-order valence-corrected chi connectivity index (χ2v) is 5.59. The van der Waals surface area contributed by atoms with Crippen molar-refractivity contribution in [2.45, 2.75) is 10.8 Å². The number of hydrogen-bond donors (Lipinski definition) is 0. The Morgan fingerprint density at radius 1 is 0.950 bits per heavy atom. The Morgan fingerprint density at radius 2 is 1.60 bits per heavy atom. The minimum Gasteiger partial charge on any atom is -0.497 e. The molecule has 0 unspecified atom stereocenters. The smallest absolute Gasteiger partial charge is 0.119 e. The van der Waals surface area contributed by atoms with Crippen molar-refractivity contribution in [2.75, 3.05) is 19.5 Å². The van der Waals surface area contributed by atoms with E-state index in [1.54, 1.807) is 18.9 Å². The first-order chi connectivity index (χ1) is 9.81. The molecule has 2 aromatic rings. The standard InChI is InChI=1S/C16H17ClO2S/c1-18-14-4-6-15(7-5-14)19-10-11-20-16-8-2-13(12-17)3-9-16/h2-9H,10-12H2,1H3. The maximum absolute atomic E-state index is 5.76. The zero-order valence-corrected chi connectivity index (χ0v) is 12.9. The Morgan fingerprint density at radius 3 is 2.20 bits per heavy atom. The summed E-state index contributed by atoms with van der Waals surface area (Å²) in [6.45, 7) is 0.675. The van der Waals surface area contributed by atoms with Crippen LogP contribution in [0.25, 0.3) is 0 Å². The van der Waals surface area contributed by atoms with Crippen molar-refractivity contribution in [1.29, 1.82) is 0 Å². The molecular formula is C16H17ClO2S. The molecule has 0 heterocycles. The predicted molar refractivity (Wildman–Crippen MR) is 85.2 cm³/mol. The molecule has 0 amide bonds. The van der Waals surface area contributed by atoms with Gasteiger partial charge in [-0.15, -0.1) is 23.4 Å². The molecule has 0 radical (unpaired) electrons. The summed E-state index contributed by atoms with van der Waals surface area (Å²) in [5, 5.41) is 0. The van der Waals surface area contributed by atoms with Crippen LogP contribution in [-0.2, 0) is 5.88 Å². The summed E-state index contributed by atoms with van der Waals surface area (Å²) in [5.41, 5.74) is 1.14. The Balaban J connectivity index is 1.72. The van der Waals surface area contributed by atoms with Crippen LogP contribution in [0.3, 0.4) is 0 Å². The van der Waals surface area contributed by atoms with E-state index in [1.807, 2.05) is 24.3 Å². The third kappa shape index (κ3) is 4.66. The summed E-state index contributed by atoms with van der Waals surface area (Å²) in [4.78, 5) is 1.23. The number of methoxy groups -OCH3 is 1. The molecule has 4 heteroatoms. The number of halogens is 1. The van der Waals surface area contributed by atoms with E-state index >= 15 is 0 Å². The van der Waals surface area contributed by atoms with Crippen molar-refractivity contribution < 1.29 is 9.47 Å². The molecule has 0 saturated carbocycles. The summed E-state index contributed by atoms with van der Waals surface area (Å²) in [6.07, 6.45) is 0. The molecular weight excluding hydrogens is 292 g/mol. The van der Waals surface area contributed by atoms with E-state index in [1.165, 1.54) is 4.90 Å². The maximum Gasteiger partial charge on any atom is 0.119 e. The maximum atomic E-state index is 5.76. The molecule has 2 rings (SSSR count). The van der Waals surface area contributed by atoms with Crippen LogP contribution in [0.2, 0.25) is 0 Å². The fraction of sp³-hybridized carbons (Fsp3) is 0.250. The van der Waals surface area contributed by atoms with E-state index in [2.05, 4.69) is 24.3 Å². The number of ether oxygens (including phenoxy) is 2. The van der Waals surface area contributed by atoms with Crippen LogP contribution in [0.15, 0.2) is 53.4 Å². The summed E-state index contributed by atoms with van der Waals surface area (Å²) < 4.78 is 10.8. The molecule has 20 heavy (non-hydrogen) atoms. The molecule has 0 saturated heterocycles. The van der Waals surface area contributed by atoms with Gasteiger partial charge >= 0.3 is 0 Å². The SMILES string of the molecule is COc1ccc(OCCSc2ccc(CCl)cc2)cc1. The van der Waals surface area contributed by atoms with Crippen LogP contribution >= 0.6 is 23.4 Å². The molecule has 2 nitrogen and oxygen atoms in total. The molecule has 2 aromatic carbocycles. The second-order valence-electron chi connectivity index (χ2n) is 4.15. The average molecular weight is 309 g/mol. The zero-order chi connectivity index (χ0) is 14.2. The van der Waals surface area contributed by atoms with E-state index in [0.29, 0.717) is 12.5 Å². The highest BCUT2D eigenvalue weighted by molar-refractivity contribution is 7.99. The second kappa shape index (κ2) is 8.08. The molecule has 0 fully saturated rings. The Bertz CT molecular complexity index is 462. The number of alkyl halides is 1. The van der Waals surface area contributed by atoms with E-state index < -0.39 is 0 Å². The van der Waals surface area contributed by atoms with Crippen LogP contribution in [0, 0.1) is 0 Å². The van der Waals surface area contributed by atoms with Gasteiger partial charge in [-0.25, -0.2) is 0 Å². The van der Waals surface area contributed by atoms with Gasteiger partial charge in [0.05, 0.1) is 13.7 Å². The highest BCUT2D eigenvalue weighted by Gasteiger charge is 1.97. The molecule has 0 bridgehead atoms. The molecule has 106 valence electrons. The summed E-state index contributed by atoms with van der Waals surface area (Å²) in [5.74, 6) is 3.17. The van der Waals surface area contributed by atoms with Gasteiger partial charge in [0.15, 0.2) is 0 Å². The third-order valence-electron chi connectivity index (χ3n) is 2.76. The predicted octanol–water partition coefficient (Wildman–Crippen LogP) is 4.61. The number of hydrogen-bond acceptors (Lipinski definition) is 3. The first-order valence-corrected chi connectivity index (χ1v) is 7.88. The lowest BCUT2D eigenvalue weighted by molar-refractivity contribution is 0.342. The zero-order valence-electron chi connectivity index (χ0n) is 11.3. The third-order valence-corrected chi connectivity index (χ3v) is 4.04. The van der Waals surface area contributed by atoms with Crippen LogP contribution in [0.5, 0.6) is 11.5 Å². The van der Waals surface area contributed by atoms with Gasteiger partial charge in [-0.1, -0.05) is 12.1 Å². The minimum atomic E-state index is 0.561. The van der Waals surface area contributed by atoms with Gasteiger partial charge in [-0.05, 0) is 42.0 Å². The number of rotatable bonds is 7. The van der Waals surface area contributed by atoms with Crippen molar-refractivity contribution in [3.63, 3.8) is 0 Å². The van der Waals surface area contributed by atoms with Crippen LogP contribution in [0.4, 0.5) is 0 Å². The molecule has 0 atom stereocenters. The van der Waals surface area contributed by atoms with Gasteiger partial charge in [0.2, 0.25) is 0 Å². The fourth-order valence-corrected chi connectivity index (χ4v) is 2.57. The quantitative estimate of drug-likeness (QED) is 0.423. The van der Waals surface area contributed by atoms with E-state index in [0.717, 1.165) is 22.8 Å². The molecule has 0 spiro atoms. The lowest BCUT2D eigenvalue weighted by Gasteiger charge is -2.07. The van der Waals surface area contributed by atoms with Gasteiger partial charge < -0.3 is 9.47 Å². The fourth-order valence-electron chi connectivity index (χ4n) is 1.67. The molecule has 0 aliphatic carbocycles. The van der Waals surface area contributed by atoms with Crippen molar-refractivity contribution >= 4 is 23.4 Å². The Kier molecular flexibility index (Phi) is 6.09. The number of benzene rings is 2. The Labute approximate surface area is 129 Å². The van der Waals surface area contributed by atoms with Gasteiger partial charge in [0, 0.05) is 16.5 Å². The van der Waals surface area contributed by atoms with Crippen molar-refractivity contribution in [3.8, 4) is 11.5 Å².